The maximum absolute atomic E-state index is 11.5. The van der Waals surface area contributed by atoms with Crippen molar-refractivity contribution in [2.45, 2.75) is 39.0 Å². The van der Waals surface area contributed by atoms with Gasteiger partial charge in [0.15, 0.2) is 5.71 Å². The van der Waals surface area contributed by atoms with Crippen LogP contribution < -0.4 is 0 Å². The Morgan fingerprint density at radius 2 is 2.47 bits per heavy atom. The van der Waals surface area contributed by atoms with Crippen molar-refractivity contribution < 1.29 is 19.1 Å². The van der Waals surface area contributed by atoms with Crippen molar-refractivity contribution in [3.63, 3.8) is 0 Å². The van der Waals surface area contributed by atoms with Gasteiger partial charge in [0, 0.05) is 17.4 Å². The molecule has 0 saturated carbocycles. The molecule has 0 aromatic heterocycles. The summed E-state index contributed by atoms with van der Waals surface area (Å²) < 4.78 is 11.5. The second-order valence-electron chi connectivity index (χ2n) is 3.33. The van der Waals surface area contributed by atoms with Crippen LogP contribution in [0, 0.1) is 0 Å². The zero-order valence-electron chi connectivity index (χ0n) is 8.66. The average Bonchev–Trinajstić information content (AvgIpc) is 2.29. The number of carbonyl (C=O) groups excluding carboxylic acids is 1. The molecule has 0 spiro atoms. The van der Waals surface area contributed by atoms with Crippen LogP contribution in [-0.4, -0.2) is 11.7 Å². The lowest BCUT2D eigenvalue weighted by Gasteiger charge is -2.10. The number of allylic oxidation sites excluding steroid dienone is 2. The number of hydrogen-bond acceptors (Lipinski definition) is 4. The summed E-state index contributed by atoms with van der Waals surface area (Å²) in [4.78, 5) is 18.7. The Morgan fingerprint density at radius 1 is 1.67 bits per heavy atom. The number of carbonyl (C=O) groups is 1. The number of oxime groups is 1. The van der Waals surface area contributed by atoms with Crippen molar-refractivity contribution in [1.29, 1.82) is 0 Å². The van der Waals surface area contributed by atoms with Gasteiger partial charge in [-0.15, -0.1) is 0 Å². The molecule has 0 unspecified atom stereocenters. The maximum Gasteiger partial charge on any atom is 0.397 e. The highest BCUT2D eigenvalue weighted by molar-refractivity contribution is 6.36. The molecule has 0 fully saturated rings. The smallest absolute Gasteiger partial charge is 0.361 e. The Morgan fingerprint density at radius 3 is 3.00 bits per heavy atom. The van der Waals surface area contributed by atoms with E-state index in [2.05, 4.69) is 17.0 Å². The van der Waals surface area contributed by atoms with Crippen molar-refractivity contribution in [3.8, 4) is 0 Å². The van der Waals surface area contributed by atoms with Gasteiger partial charge in [-0.05, 0) is 12.5 Å². The second kappa shape index (κ2) is 6.16. The Hall–Kier alpha value is -1.39. The number of hydrogen-bond donors (Lipinski definition) is 0. The number of nitrogens with zero attached hydrogens (tertiary/aromatic N) is 1. The van der Waals surface area contributed by atoms with E-state index in [0.717, 1.165) is 31.4 Å². The molecule has 0 aromatic carbocycles. The molecule has 0 atom stereocenters. The monoisotopic (exact) mass is 215 g/mol. The standard InChI is InChI=1S/C10H14FNO3/c1-2-3-4-5-8-6-7-9(12-15-8)10(13)14-11/h6H,2-5,7H2,1H3. The van der Waals surface area contributed by atoms with Gasteiger partial charge in [0.25, 0.3) is 0 Å². The van der Waals surface area contributed by atoms with E-state index in [0.29, 0.717) is 0 Å². The maximum atomic E-state index is 11.5. The molecule has 0 amide bonds. The predicted octanol–water partition coefficient (Wildman–Crippen LogP) is 2.65. The van der Waals surface area contributed by atoms with Gasteiger partial charge < -0.3 is 4.84 Å². The summed E-state index contributed by atoms with van der Waals surface area (Å²) in [6.45, 7) is 2.11. The first kappa shape index (κ1) is 11.7. The molecular weight excluding hydrogens is 201 g/mol. The highest BCUT2D eigenvalue weighted by Gasteiger charge is 2.18. The van der Waals surface area contributed by atoms with Crippen molar-refractivity contribution in [2.24, 2.45) is 5.16 Å². The molecular formula is C10H14FNO3. The van der Waals surface area contributed by atoms with E-state index in [9.17, 15) is 9.32 Å². The molecule has 1 heterocycles. The minimum Gasteiger partial charge on any atom is -0.361 e. The van der Waals surface area contributed by atoms with Gasteiger partial charge in [0.1, 0.15) is 5.76 Å². The molecule has 0 aliphatic carbocycles. The lowest BCUT2D eigenvalue weighted by Crippen LogP contribution is -2.16. The summed E-state index contributed by atoms with van der Waals surface area (Å²) >= 11 is 0. The largest absolute Gasteiger partial charge is 0.397 e. The molecule has 4 nitrogen and oxygen atoms in total. The van der Waals surface area contributed by atoms with E-state index >= 15 is 0 Å². The molecule has 1 rings (SSSR count). The van der Waals surface area contributed by atoms with Gasteiger partial charge in [-0.1, -0.05) is 24.9 Å². The van der Waals surface area contributed by atoms with Crippen LogP contribution >= 0.6 is 0 Å². The SMILES string of the molecule is CCCCCC1=CCC(C(=O)OF)=NO1. The second-order valence-corrected chi connectivity index (χ2v) is 3.33. The van der Waals surface area contributed by atoms with Crippen molar-refractivity contribution in [1.82, 2.24) is 0 Å². The third-order valence-corrected chi connectivity index (χ3v) is 2.13. The summed E-state index contributed by atoms with van der Waals surface area (Å²) in [5.41, 5.74) is -0.0447. The van der Waals surface area contributed by atoms with E-state index < -0.39 is 5.97 Å². The highest BCUT2D eigenvalue weighted by Crippen LogP contribution is 2.16. The summed E-state index contributed by atoms with van der Waals surface area (Å²) in [5.74, 6) is -0.349. The van der Waals surface area contributed by atoms with Crippen molar-refractivity contribution in [2.75, 3.05) is 0 Å². The lowest BCUT2D eigenvalue weighted by molar-refractivity contribution is -0.174. The summed E-state index contributed by atoms with van der Waals surface area (Å²) in [7, 11) is 0. The Labute approximate surface area is 87.6 Å². The lowest BCUT2D eigenvalue weighted by atomic mass is 10.1. The molecule has 1 aliphatic rings. The highest BCUT2D eigenvalue weighted by atomic mass is 19.3. The first-order valence-electron chi connectivity index (χ1n) is 5.03. The third kappa shape index (κ3) is 3.69. The summed E-state index contributed by atoms with van der Waals surface area (Å²) in [6.07, 6.45) is 6.09. The van der Waals surface area contributed by atoms with E-state index in [-0.39, 0.29) is 12.1 Å². The van der Waals surface area contributed by atoms with Gasteiger partial charge in [-0.3, -0.25) is 0 Å². The Bertz CT molecular complexity index is 286. The fourth-order valence-corrected chi connectivity index (χ4v) is 1.26. The average molecular weight is 215 g/mol. The minimum atomic E-state index is -1.08. The molecule has 1 aliphatic heterocycles. The van der Waals surface area contributed by atoms with Gasteiger partial charge >= 0.3 is 5.97 Å². The number of rotatable bonds is 5. The van der Waals surface area contributed by atoms with Crippen LogP contribution in [0.4, 0.5) is 4.53 Å². The van der Waals surface area contributed by atoms with E-state index in [1.807, 2.05) is 0 Å². The Balaban J connectivity index is 2.32. The van der Waals surface area contributed by atoms with E-state index in [1.165, 1.54) is 0 Å². The Kier molecular flexibility index (Phi) is 4.80. The van der Waals surface area contributed by atoms with Crippen molar-refractivity contribution in [3.05, 3.63) is 11.8 Å². The van der Waals surface area contributed by atoms with Crippen LogP contribution in [0.3, 0.4) is 0 Å². The molecule has 0 radical (unpaired) electrons. The third-order valence-electron chi connectivity index (χ3n) is 2.13. The predicted molar refractivity (Wildman–Crippen MR) is 52.6 cm³/mol. The first-order valence-corrected chi connectivity index (χ1v) is 5.03. The zero-order chi connectivity index (χ0) is 11.1. The van der Waals surface area contributed by atoms with Crippen LogP contribution in [0.1, 0.15) is 39.0 Å². The summed E-state index contributed by atoms with van der Waals surface area (Å²) in [5, 5.41) is 3.49. The van der Waals surface area contributed by atoms with Crippen LogP contribution in [0.5, 0.6) is 0 Å². The molecule has 84 valence electrons. The molecule has 15 heavy (non-hydrogen) atoms. The topological polar surface area (TPSA) is 47.9 Å². The molecule has 0 N–H and O–H groups in total. The molecule has 0 bridgehead atoms. The quantitative estimate of drug-likeness (QED) is 0.662. The fraction of sp³-hybridized carbons (Fsp3) is 0.600. The molecule has 5 heteroatoms. The van der Waals surface area contributed by atoms with E-state index in [1.54, 1.807) is 6.08 Å². The molecule has 0 aromatic rings. The minimum absolute atomic E-state index is 0.0447. The van der Waals surface area contributed by atoms with E-state index in [4.69, 9.17) is 4.84 Å². The normalized spacial score (nSPS) is 15.1. The van der Waals surface area contributed by atoms with Gasteiger partial charge in [-0.25, -0.2) is 9.74 Å². The van der Waals surface area contributed by atoms with Crippen molar-refractivity contribution >= 4 is 11.7 Å². The van der Waals surface area contributed by atoms with Crippen LogP contribution in [0.2, 0.25) is 0 Å². The summed E-state index contributed by atoms with van der Waals surface area (Å²) in [6, 6.07) is 0. The molecule has 0 saturated heterocycles. The zero-order valence-corrected chi connectivity index (χ0v) is 8.66. The van der Waals surface area contributed by atoms with Crippen LogP contribution in [0.25, 0.3) is 0 Å². The van der Waals surface area contributed by atoms with Gasteiger partial charge in [0.05, 0.1) is 0 Å². The van der Waals surface area contributed by atoms with Gasteiger partial charge in [-0.2, -0.15) is 0 Å². The fourth-order valence-electron chi connectivity index (χ4n) is 1.26. The number of halogens is 1. The first-order chi connectivity index (χ1) is 7.27. The van der Waals surface area contributed by atoms with Crippen LogP contribution in [-0.2, 0) is 14.6 Å². The van der Waals surface area contributed by atoms with Gasteiger partial charge in [0.2, 0.25) is 0 Å². The number of unbranched alkanes of at least 4 members (excludes halogenated alkanes) is 2. The van der Waals surface area contributed by atoms with Crippen LogP contribution in [0.15, 0.2) is 17.0 Å².